The van der Waals surface area contributed by atoms with E-state index in [2.05, 4.69) is 17.3 Å². The van der Waals surface area contributed by atoms with Gasteiger partial charge in [0.05, 0.1) is 7.11 Å². The molecule has 17 heavy (non-hydrogen) atoms. The number of carbonyl (C=O) groups is 1. The molecule has 4 nitrogen and oxygen atoms in total. The molecule has 0 aromatic rings. The van der Waals surface area contributed by atoms with Crippen molar-refractivity contribution in [1.82, 2.24) is 10.2 Å². The fraction of sp³-hybridized carbons (Fsp3) is 0.923. The van der Waals surface area contributed by atoms with Crippen LogP contribution in [0.1, 0.15) is 26.7 Å². The molecule has 1 saturated heterocycles. The maximum absolute atomic E-state index is 11.6. The lowest BCUT2D eigenvalue weighted by molar-refractivity contribution is -0.144. The van der Waals surface area contributed by atoms with Crippen molar-refractivity contribution in [3.63, 3.8) is 0 Å². The van der Waals surface area contributed by atoms with Crippen molar-refractivity contribution in [2.45, 2.75) is 32.7 Å². The Balaban J connectivity index is 2.38. The number of carbonyl (C=O) groups excluding carboxylic acids is 1. The van der Waals surface area contributed by atoms with Gasteiger partial charge in [0.15, 0.2) is 0 Å². The highest BCUT2D eigenvalue weighted by Crippen LogP contribution is 2.15. The van der Waals surface area contributed by atoms with E-state index in [9.17, 15) is 4.79 Å². The van der Waals surface area contributed by atoms with Crippen molar-refractivity contribution in [2.75, 3.05) is 33.8 Å². The molecule has 1 heterocycles. The van der Waals surface area contributed by atoms with E-state index in [-0.39, 0.29) is 17.9 Å². The smallest absolute Gasteiger partial charge is 0.323 e. The van der Waals surface area contributed by atoms with Crippen LogP contribution >= 0.6 is 0 Å². The van der Waals surface area contributed by atoms with E-state index in [1.807, 2.05) is 13.8 Å². The zero-order valence-corrected chi connectivity index (χ0v) is 11.5. The minimum Gasteiger partial charge on any atom is -0.468 e. The van der Waals surface area contributed by atoms with Crippen LogP contribution in [0.5, 0.6) is 0 Å². The average Bonchev–Trinajstić information content (AvgIpc) is 2.28. The first-order chi connectivity index (χ1) is 8.04. The number of likely N-dealkylation sites (tertiary alicyclic amines) is 1. The maximum atomic E-state index is 11.6. The molecule has 0 aromatic carbocycles. The number of nitrogens with zero attached hydrogens (tertiary/aromatic N) is 1. The number of nitrogens with one attached hydrogen (secondary N) is 1. The molecule has 0 saturated carbocycles. The van der Waals surface area contributed by atoms with Crippen molar-refractivity contribution in [3.05, 3.63) is 0 Å². The molecule has 0 amide bonds. The van der Waals surface area contributed by atoms with Gasteiger partial charge in [0.1, 0.15) is 6.04 Å². The molecule has 0 aliphatic carbocycles. The fourth-order valence-corrected chi connectivity index (χ4v) is 2.45. The van der Waals surface area contributed by atoms with Gasteiger partial charge in [-0.05, 0) is 44.8 Å². The van der Waals surface area contributed by atoms with Crippen LogP contribution in [-0.2, 0) is 9.53 Å². The molecule has 0 spiro atoms. The van der Waals surface area contributed by atoms with E-state index in [0.717, 1.165) is 13.1 Å². The molecule has 1 N–H and O–H groups in total. The van der Waals surface area contributed by atoms with Crippen molar-refractivity contribution < 1.29 is 9.53 Å². The quantitative estimate of drug-likeness (QED) is 0.734. The SMILES string of the molecule is COC(=O)C(NCC1CCCN(C)C1)C(C)C. The van der Waals surface area contributed by atoms with E-state index in [4.69, 9.17) is 4.74 Å². The minimum absolute atomic E-state index is 0.149. The van der Waals surface area contributed by atoms with Crippen molar-refractivity contribution in [1.29, 1.82) is 0 Å². The van der Waals surface area contributed by atoms with Gasteiger partial charge < -0.3 is 15.0 Å². The van der Waals surface area contributed by atoms with Gasteiger partial charge in [-0.25, -0.2) is 0 Å². The lowest BCUT2D eigenvalue weighted by Crippen LogP contribution is -2.46. The fourth-order valence-electron chi connectivity index (χ4n) is 2.45. The van der Waals surface area contributed by atoms with Gasteiger partial charge in [0.25, 0.3) is 0 Å². The van der Waals surface area contributed by atoms with Crippen LogP contribution in [0.3, 0.4) is 0 Å². The number of piperidine rings is 1. The lowest BCUT2D eigenvalue weighted by atomic mass is 9.97. The molecule has 1 fully saturated rings. The summed E-state index contributed by atoms with van der Waals surface area (Å²) in [5.41, 5.74) is 0. The third-order valence-corrected chi connectivity index (χ3v) is 3.47. The molecule has 4 heteroatoms. The van der Waals surface area contributed by atoms with Gasteiger partial charge in [-0.2, -0.15) is 0 Å². The van der Waals surface area contributed by atoms with Gasteiger partial charge in [-0.1, -0.05) is 13.8 Å². The van der Waals surface area contributed by atoms with Gasteiger partial charge in [-0.15, -0.1) is 0 Å². The van der Waals surface area contributed by atoms with E-state index in [1.165, 1.54) is 26.5 Å². The van der Waals surface area contributed by atoms with Crippen LogP contribution in [0, 0.1) is 11.8 Å². The standard InChI is InChI=1S/C13H26N2O2/c1-10(2)12(13(16)17-4)14-8-11-6-5-7-15(3)9-11/h10-12,14H,5-9H2,1-4H3. The van der Waals surface area contributed by atoms with Crippen molar-refractivity contribution in [3.8, 4) is 0 Å². The Hall–Kier alpha value is -0.610. The molecule has 2 atom stereocenters. The number of rotatable bonds is 5. The number of esters is 1. The van der Waals surface area contributed by atoms with Crippen molar-refractivity contribution >= 4 is 5.97 Å². The Morgan fingerprint density at radius 1 is 1.53 bits per heavy atom. The van der Waals surface area contributed by atoms with Gasteiger partial charge in [0.2, 0.25) is 0 Å². The first kappa shape index (κ1) is 14.5. The second-order valence-electron chi connectivity index (χ2n) is 5.42. The van der Waals surface area contributed by atoms with Crippen LogP contribution in [0.2, 0.25) is 0 Å². The van der Waals surface area contributed by atoms with Crippen LogP contribution in [0.4, 0.5) is 0 Å². The first-order valence-corrected chi connectivity index (χ1v) is 6.54. The normalized spacial score (nSPS) is 23.7. The Morgan fingerprint density at radius 3 is 2.76 bits per heavy atom. The monoisotopic (exact) mass is 242 g/mol. The second kappa shape index (κ2) is 6.97. The zero-order valence-electron chi connectivity index (χ0n) is 11.5. The van der Waals surface area contributed by atoms with Gasteiger partial charge >= 0.3 is 5.97 Å². The highest BCUT2D eigenvalue weighted by Gasteiger charge is 2.24. The highest BCUT2D eigenvalue weighted by molar-refractivity contribution is 5.75. The summed E-state index contributed by atoms with van der Waals surface area (Å²) < 4.78 is 4.82. The Kier molecular flexibility index (Phi) is 5.92. The number of hydrogen-bond donors (Lipinski definition) is 1. The molecule has 1 aliphatic rings. The predicted octanol–water partition coefficient (Wildman–Crippen LogP) is 1.12. The summed E-state index contributed by atoms with van der Waals surface area (Å²) >= 11 is 0. The second-order valence-corrected chi connectivity index (χ2v) is 5.42. The Morgan fingerprint density at radius 2 is 2.24 bits per heavy atom. The topological polar surface area (TPSA) is 41.6 Å². The molecule has 100 valence electrons. The van der Waals surface area contributed by atoms with E-state index >= 15 is 0 Å². The molecule has 0 radical (unpaired) electrons. The number of ether oxygens (including phenoxy) is 1. The summed E-state index contributed by atoms with van der Waals surface area (Å²) in [4.78, 5) is 14.0. The average molecular weight is 242 g/mol. The summed E-state index contributed by atoms with van der Waals surface area (Å²) in [6.07, 6.45) is 2.51. The molecule has 1 aliphatic heterocycles. The van der Waals surface area contributed by atoms with E-state index in [0.29, 0.717) is 5.92 Å². The van der Waals surface area contributed by atoms with Crippen molar-refractivity contribution in [2.24, 2.45) is 11.8 Å². The van der Waals surface area contributed by atoms with Crippen LogP contribution in [0.15, 0.2) is 0 Å². The summed E-state index contributed by atoms with van der Waals surface area (Å²) in [5, 5.41) is 3.36. The highest BCUT2D eigenvalue weighted by atomic mass is 16.5. The summed E-state index contributed by atoms with van der Waals surface area (Å²) in [6.45, 7) is 7.31. The zero-order chi connectivity index (χ0) is 12.8. The maximum Gasteiger partial charge on any atom is 0.323 e. The molecular formula is C13H26N2O2. The third kappa shape index (κ3) is 4.64. The van der Waals surface area contributed by atoms with E-state index < -0.39 is 0 Å². The first-order valence-electron chi connectivity index (χ1n) is 6.54. The largest absolute Gasteiger partial charge is 0.468 e. The summed E-state index contributed by atoms with van der Waals surface area (Å²) in [5.74, 6) is 0.771. The Labute approximate surface area is 105 Å². The third-order valence-electron chi connectivity index (χ3n) is 3.47. The molecule has 1 rings (SSSR count). The number of hydrogen-bond acceptors (Lipinski definition) is 4. The van der Waals surface area contributed by atoms with E-state index in [1.54, 1.807) is 0 Å². The van der Waals surface area contributed by atoms with Crippen LogP contribution in [0.25, 0.3) is 0 Å². The van der Waals surface area contributed by atoms with Gasteiger partial charge in [0, 0.05) is 6.54 Å². The molecule has 0 aromatic heterocycles. The van der Waals surface area contributed by atoms with Crippen LogP contribution < -0.4 is 5.32 Å². The Bertz CT molecular complexity index is 244. The molecule has 0 bridgehead atoms. The minimum atomic E-state index is -0.174. The summed E-state index contributed by atoms with van der Waals surface area (Å²) in [6, 6.07) is -0.174. The van der Waals surface area contributed by atoms with Gasteiger partial charge in [-0.3, -0.25) is 4.79 Å². The molecular weight excluding hydrogens is 216 g/mol. The lowest BCUT2D eigenvalue weighted by Gasteiger charge is -2.31. The molecule has 2 unspecified atom stereocenters. The summed E-state index contributed by atoms with van der Waals surface area (Å²) in [7, 11) is 3.61. The van der Waals surface area contributed by atoms with Crippen LogP contribution in [-0.4, -0.2) is 50.7 Å². The predicted molar refractivity (Wildman–Crippen MR) is 68.9 cm³/mol. The number of methoxy groups -OCH3 is 1.